The molecule has 0 aliphatic rings. The standard InChI is InChI=1S/C29H52O14/c1-27(2,3)42-23(30)7-11-36-15-19-40-21-17-38-13-9-29(25(32)33,26(34)35)10-14-39-18-22-41-20-16-37-12-8-24(31)43-28(4,5)6/h7-22H2,1-6H3,(H,32,33)(H,34,35). The second-order valence-electron chi connectivity index (χ2n) is 11.5. The lowest BCUT2D eigenvalue weighted by Gasteiger charge is -2.24. The molecule has 0 heterocycles. The Balaban J connectivity index is 3.97. The number of aliphatic carboxylic acids is 2. The number of rotatable bonds is 26. The van der Waals surface area contributed by atoms with Crippen LogP contribution in [0.5, 0.6) is 0 Å². The number of carbonyl (C=O) groups excluding carboxylic acids is 2. The summed E-state index contributed by atoms with van der Waals surface area (Å²) in [7, 11) is 0. The monoisotopic (exact) mass is 624 g/mol. The SMILES string of the molecule is CC(C)(C)OC(=O)CCOCCOCCOCCC(CCOCCOCCOCCC(=O)OC(C)(C)C)(C(=O)O)C(=O)O. The zero-order valence-electron chi connectivity index (χ0n) is 26.6. The van der Waals surface area contributed by atoms with Gasteiger partial charge in [0.15, 0.2) is 5.41 Å². The molecule has 43 heavy (non-hydrogen) atoms. The van der Waals surface area contributed by atoms with Gasteiger partial charge in [-0.2, -0.15) is 0 Å². The van der Waals surface area contributed by atoms with Crippen LogP contribution in [0.4, 0.5) is 0 Å². The molecule has 2 N–H and O–H groups in total. The Morgan fingerprint density at radius 2 is 0.698 bits per heavy atom. The van der Waals surface area contributed by atoms with Crippen LogP contribution in [0.25, 0.3) is 0 Å². The van der Waals surface area contributed by atoms with Crippen molar-refractivity contribution in [2.24, 2.45) is 5.41 Å². The first kappa shape index (κ1) is 40.6. The van der Waals surface area contributed by atoms with Gasteiger partial charge in [-0.15, -0.1) is 0 Å². The fourth-order valence-corrected chi connectivity index (χ4v) is 3.32. The molecule has 0 unspecified atom stereocenters. The van der Waals surface area contributed by atoms with Gasteiger partial charge in [-0.25, -0.2) is 0 Å². The van der Waals surface area contributed by atoms with Crippen LogP contribution in [0.2, 0.25) is 0 Å². The van der Waals surface area contributed by atoms with Crippen molar-refractivity contribution in [2.75, 3.05) is 79.3 Å². The molecule has 0 saturated heterocycles. The Morgan fingerprint density at radius 1 is 0.442 bits per heavy atom. The summed E-state index contributed by atoms with van der Waals surface area (Å²) in [4.78, 5) is 46.9. The van der Waals surface area contributed by atoms with Gasteiger partial charge in [-0.1, -0.05) is 0 Å². The highest BCUT2D eigenvalue weighted by atomic mass is 16.6. The first-order valence-electron chi connectivity index (χ1n) is 14.5. The summed E-state index contributed by atoms with van der Waals surface area (Å²) >= 11 is 0. The Bertz CT molecular complexity index is 734. The Hall–Kier alpha value is -2.36. The molecule has 0 bridgehead atoms. The molecule has 252 valence electrons. The van der Waals surface area contributed by atoms with Gasteiger partial charge in [0.05, 0.1) is 78.9 Å². The Labute approximate surface area is 254 Å². The zero-order valence-corrected chi connectivity index (χ0v) is 26.6. The minimum atomic E-state index is -2.05. The third-order valence-corrected chi connectivity index (χ3v) is 5.39. The van der Waals surface area contributed by atoms with Crippen LogP contribution in [0.15, 0.2) is 0 Å². The molecule has 0 amide bonds. The summed E-state index contributed by atoms with van der Waals surface area (Å²) in [5.74, 6) is -3.61. The van der Waals surface area contributed by atoms with Crippen LogP contribution in [0.1, 0.15) is 67.2 Å². The molecule has 0 aromatic rings. The predicted molar refractivity (Wildman–Crippen MR) is 153 cm³/mol. The first-order chi connectivity index (χ1) is 20.1. The molecular formula is C29H52O14. The van der Waals surface area contributed by atoms with Crippen molar-refractivity contribution in [3.05, 3.63) is 0 Å². The molecule has 0 saturated carbocycles. The lowest BCUT2D eigenvalue weighted by Crippen LogP contribution is -2.41. The Morgan fingerprint density at radius 3 is 0.953 bits per heavy atom. The van der Waals surface area contributed by atoms with Gasteiger partial charge in [0.25, 0.3) is 0 Å². The highest BCUT2D eigenvalue weighted by Crippen LogP contribution is 2.28. The summed E-state index contributed by atoms with van der Waals surface area (Å²) in [6.45, 7) is 12.8. The molecule has 0 aliphatic heterocycles. The van der Waals surface area contributed by atoms with E-state index in [1.54, 1.807) is 41.5 Å². The third-order valence-electron chi connectivity index (χ3n) is 5.39. The fraction of sp³-hybridized carbons (Fsp3) is 0.862. The van der Waals surface area contributed by atoms with E-state index in [-0.39, 0.29) is 117 Å². The van der Waals surface area contributed by atoms with E-state index < -0.39 is 28.6 Å². The average Bonchev–Trinajstić information content (AvgIpc) is 2.86. The van der Waals surface area contributed by atoms with Crippen LogP contribution >= 0.6 is 0 Å². The van der Waals surface area contributed by atoms with Crippen LogP contribution < -0.4 is 0 Å². The topological polar surface area (TPSA) is 183 Å². The second-order valence-corrected chi connectivity index (χ2v) is 11.5. The highest BCUT2D eigenvalue weighted by Gasteiger charge is 2.46. The van der Waals surface area contributed by atoms with Gasteiger partial charge in [-0.05, 0) is 54.4 Å². The van der Waals surface area contributed by atoms with Crippen molar-refractivity contribution in [1.82, 2.24) is 0 Å². The van der Waals surface area contributed by atoms with E-state index >= 15 is 0 Å². The van der Waals surface area contributed by atoms with E-state index in [1.165, 1.54) is 0 Å². The molecule has 14 nitrogen and oxygen atoms in total. The lowest BCUT2D eigenvalue weighted by molar-refractivity contribution is -0.168. The summed E-state index contributed by atoms with van der Waals surface area (Å²) in [5.41, 5.74) is -3.13. The highest BCUT2D eigenvalue weighted by molar-refractivity contribution is 5.98. The van der Waals surface area contributed by atoms with Crippen LogP contribution in [0, 0.1) is 5.41 Å². The molecule has 0 spiro atoms. The number of carboxylic acids is 2. The van der Waals surface area contributed by atoms with Gasteiger partial charge in [0.2, 0.25) is 0 Å². The van der Waals surface area contributed by atoms with Gasteiger partial charge in [-0.3, -0.25) is 19.2 Å². The fourth-order valence-electron chi connectivity index (χ4n) is 3.32. The summed E-state index contributed by atoms with van der Waals surface area (Å²) in [6, 6.07) is 0. The quantitative estimate of drug-likeness (QED) is 0.0813. The lowest BCUT2D eigenvalue weighted by atomic mass is 9.81. The number of ether oxygens (including phenoxy) is 8. The van der Waals surface area contributed by atoms with E-state index in [1.807, 2.05) is 0 Å². The molecule has 0 rings (SSSR count). The maximum absolute atomic E-state index is 11.8. The van der Waals surface area contributed by atoms with Crippen molar-refractivity contribution < 1.29 is 67.3 Å². The maximum atomic E-state index is 11.8. The number of hydrogen-bond acceptors (Lipinski definition) is 12. The molecule has 0 aromatic heterocycles. The molecular weight excluding hydrogens is 572 g/mol. The van der Waals surface area contributed by atoms with Gasteiger partial charge >= 0.3 is 23.9 Å². The van der Waals surface area contributed by atoms with Gasteiger partial charge < -0.3 is 48.1 Å². The maximum Gasteiger partial charge on any atom is 0.321 e. The van der Waals surface area contributed by atoms with E-state index in [9.17, 15) is 29.4 Å². The predicted octanol–water partition coefficient (Wildman–Crippen LogP) is 2.49. The number of carboxylic acid groups (broad SMARTS) is 2. The van der Waals surface area contributed by atoms with E-state index in [4.69, 9.17) is 37.9 Å². The van der Waals surface area contributed by atoms with E-state index in [0.29, 0.717) is 0 Å². The van der Waals surface area contributed by atoms with E-state index in [0.717, 1.165) is 0 Å². The first-order valence-corrected chi connectivity index (χ1v) is 14.5. The summed E-state index contributed by atoms with van der Waals surface area (Å²) in [6.07, 6.45) is -0.204. The van der Waals surface area contributed by atoms with Crippen molar-refractivity contribution in [3.63, 3.8) is 0 Å². The Kier molecular flexibility index (Phi) is 21.0. The van der Waals surface area contributed by atoms with Gasteiger partial charge in [0.1, 0.15) is 11.2 Å². The van der Waals surface area contributed by atoms with Crippen LogP contribution in [-0.4, -0.2) is 125 Å². The summed E-state index contributed by atoms with van der Waals surface area (Å²) in [5, 5.41) is 19.3. The van der Waals surface area contributed by atoms with Crippen molar-refractivity contribution in [2.45, 2.75) is 78.4 Å². The zero-order chi connectivity index (χ0) is 32.8. The van der Waals surface area contributed by atoms with Crippen LogP contribution in [0.3, 0.4) is 0 Å². The smallest absolute Gasteiger partial charge is 0.321 e. The molecule has 0 atom stereocenters. The summed E-state index contributed by atoms with van der Waals surface area (Å²) < 4.78 is 42.4. The van der Waals surface area contributed by atoms with E-state index in [2.05, 4.69) is 0 Å². The molecule has 0 aliphatic carbocycles. The molecule has 0 aromatic carbocycles. The second kappa shape index (κ2) is 22.2. The minimum absolute atomic E-state index is 0.0919. The largest absolute Gasteiger partial charge is 0.480 e. The number of esters is 2. The van der Waals surface area contributed by atoms with Crippen LogP contribution in [-0.2, 0) is 57.1 Å². The van der Waals surface area contributed by atoms with Crippen molar-refractivity contribution in [1.29, 1.82) is 0 Å². The normalized spacial score (nSPS) is 12.2. The number of carbonyl (C=O) groups is 4. The van der Waals surface area contributed by atoms with Crippen molar-refractivity contribution in [3.8, 4) is 0 Å². The number of hydrogen-bond donors (Lipinski definition) is 2. The minimum Gasteiger partial charge on any atom is -0.480 e. The average molecular weight is 625 g/mol. The third kappa shape index (κ3) is 22.8. The molecule has 14 heteroatoms. The van der Waals surface area contributed by atoms with Crippen molar-refractivity contribution >= 4 is 23.9 Å². The molecule has 0 fully saturated rings. The molecule has 0 radical (unpaired) electrons. The van der Waals surface area contributed by atoms with Gasteiger partial charge in [0, 0.05) is 13.2 Å².